The molecule has 1 rings (SSSR count). The topological polar surface area (TPSA) is 95.4 Å². The molecule has 0 saturated carbocycles. The van der Waals surface area contributed by atoms with E-state index >= 15 is 0 Å². The van der Waals surface area contributed by atoms with Crippen LogP contribution in [0.15, 0.2) is 24.3 Å². The van der Waals surface area contributed by atoms with Crippen LogP contribution in [0, 0.1) is 0 Å². The van der Waals surface area contributed by atoms with Crippen molar-refractivity contribution in [3.63, 3.8) is 0 Å². The summed E-state index contributed by atoms with van der Waals surface area (Å²) < 4.78 is 4.71. The van der Waals surface area contributed by atoms with E-state index in [-0.39, 0.29) is 6.42 Å². The molecule has 1 aromatic carbocycles. The largest absolute Gasteiger partial charge is 0.392 e. The molecule has 5 nitrogen and oxygen atoms in total. The predicted molar refractivity (Wildman–Crippen MR) is 77.1 cm³/mol. The lowest BCUT2D eigenvalue weighted by molar-refractivity contribution is -0.160. The van der Waals surface area contributed by atoms with Gasteiger partial charge in [-0.1, -0.05) is 36.2 Å². The van der Waals surface area contributed by atoms with E-state index in [1.165, 1.54) is 0 Å². The minimum Gasteiger partial charge on any atom is -0.392 e. The first-order chi connectivity index (χ1) is 9.54. The lowest BCUT2D eigenvalue weighted by Crippen LogP contribution is -2.34. The molecule has 0 radical (unpaired) electrons. The summed E-state index contributed by atoms with van der Waals surface area (Å²) in [7, 11) is 0. The van der Waals surface area contributed by atoms with Crippen LogP contribution in [0.1, 0.15) is 24.8 Å². The zero-order valence-electron chi connectivity index (χ0n) is 11.2. The molecule has 0 bridgehead atoms. The van der Waals surface area contributed by atoms with Crippen molar-refractivity contribution in [1.82, 2.24) is 0 Å². The molecule has 20 heavy (non-hydrogen) atoms. The molecular weight excluding hydrogens is 280 g/mol. The van der Waals surface area contributed by atoms with Crippen LogP contribution in [0.25, 0.3) is 0 Å². The molecule has 0 aliphatic carbocycles. The Morgan fingerprint density at radius 1 is 1.25 bits per heavy atom. The van der Waals surface area contributed by atoms with Gasteiger partial charge in [0.1, 0.15) is 6.04 Å². The third kappa shape index (κ3) is 5.69. The number of carbonyl (C=O) groups is 2. The lowest BCUT2D eigenvalue weighted by Gasteiger charge is -2.10. The van der Waals surface area contributed by atoms with Crippen molar-refractivity contribution < 1.29 is 14.3 Å². The van der Waals surface area contributed by atoms with E-state index < -0.39 is 18.0 Å². The molecule has 0 unspecified atom stereocenters. The van der Waals surface area contributed by atoms with E-state index in [9.17, 15) is 9.59 Å². The minimum atomic E-state index is -0.795. The van der Waals surface area contributed by atoms with Gasteiger partial charge in [0.05, 0.1) is 6.42 Å². The van der Waals surface area contributed by atoms with Gasteiger partial charge in [0.2, 0.25) is 0 Å². The highest BCUT2D eigenvalue weighted by Crippen LogP contribution is 2.15. The van der Waals surface area contributed by atoms with Gasteiger partial charge in [-0.3, -0.25) is 4.79 Å². The van der Waals surface area contributed by atoms with Gasteiger partial charge in [0, 0.05) is 5.02 Å². The fraction of sp³-hybridized carbons (Fsp3) is 0.429. The third-order valence-corrected chi connectivity index (χ3v) is 3.15. The summed E-state index contributed by atoms with van der Waals surface area (Å²) in [6.45, 7) is 0.549. The summed E-state index contributed by atoms with van der Waals surface area (Å²) in [5.74, 6) is -1.36. The Hall–Kier alpha value is -1.43. The molecule has 0 heterocycles. The van der Waals surface area contributed by atoms with Gasteiger partial charge in [-0.05, 0) is 31.0 Å². The fourth-order valence-corrected chi connectivity index (χ4v) is 1.85. The highest BCUT2D eigenvalue weighted by atomic mass is 35.5. The quantitative estimate of drug-likeness (QED) is 0.451. The van der Waals surface area contributed by atoms with Gasteiger partial charge in [0.15, 0.2) is 0 Å². The van der Waals surface area contributed by atoms with Gasteiger partial charge >= 0.3 is 11.9 Å². The maximum absolute atomic E-state index is 11.6. The van der Waals surface area contributed by atoms with Crippen molar-refractivity contribution in [3.8, 4) is 0 Å². The number of benzene rings is 1. The number of hydrogen-bond donors (Lipinski definition) is 2. The number of hydrogen-bond acceptors (Lipinski definition) is 5. The summed E-state index contributed by atoms with van der Waals surface area (Å²) in [6, 6.07) is 6.10. The number of halogens is 1. The monoisotopic (exact) mass is 298 g/mol. The van der Waals surface area contributed by atoms with Gasteiger partial charge < -0.3 is 16.2 Å². The number of nitrogens with two attached hydrogens (primary N) is 2. The number of rotatable bonds is 7. The fourth-order valence-electron chi connectivity index (χ4n) is 1.65. The SMILES string of the molecule is NCCCC[C@H](N)C(=O)OC(=O)Cc1ccccc1Cl. The maximum atomic E-state index is 11.6. The molecule has 0 aromatic heterocycles. The summed E-state index contributed by atoms with van der Waals surface area (Å²) in [4.78, 5) is 23.2. The van der Waals surface area contributed by atoms with Crippen LogP contribution < -0.4 is 11.5 Å². The van der Waals surface area contributed by atoms with Crippen molar-refractivity contribution in [2.75, 3.05) is 6.54 Å². The van der Waals surface area contributed by atoms with Crippen LogP contribution in [0.4, 0.5) is 0 Å². The molecule has 1 atom stereocenters. The van der Waals surface area contributed by atoms with Crippen LogP contribution in [0.3, 0.4) is 0 Å². The van der Waals surface area contributed by atoms with Crippen molar-refractivity contribution in [2.24, 2.45) is 11.5 Å². The molecule has 6 heteroatoms. The first kappa shape index (κ1) is 16.6. The number of unbranched alkanes of at least 4 members (excludes halogenated alkanes) is 1. The summed E-state index contributed by atoms with van der Waals surface area (Å²) >= 11 is 5.92. The highest BCUT2D eigenvalue weighted by Gasteiger charge is 2.19. The highest BCUT2D eigenvalue weighted by molar-refractivity contribution is 6.31. The Balaban J connectivity index is 2.42. The molecule has 1 aromatic rings. The van der Waals surface area contributed by atoms with E-state index in [4.69, 9.17) is 27.8 Å². The van der Waals surface area contributed by atoms with Gasteiger partial charge in [-0.2, -0.15) is 0 Å². The Labute approximate surface area is 123 Å². The Morgan fingerprint density at radius 3 is 2.60 bits per heavy atom. The van der Waals surface area contributed by atoms with Gasteiger partial charge in [-0.15, -0.1) is 0 Å². The second-order valence-electron chi connectivity index (χ2n) is 4.45. The zero-order valence-corrected chi connectivity index (χ0v) is 11.9. The summed E-state index contributed by atoms with van der Waals surface area (Å²) in [5.41, 5.74) is 11.6. The second-order valence-corrected chi connectivity index (χ2v) is 4.86. The molecule has 110 valence electrons. The molecule has 0 spiro atoms. The first-order valence-electron chi connectivity index (χ1n) is 6.48. The van der Waals surface area contributed by atoms with Crippen LogP contribution in [0.2, 0.25) is 5.02 Å². The summed E-state index contributed by atoms with van der Waals surface area (Å²) in [6.07, 6.45) is 1.91. The molecule has 0 aliphatic heterocycles. The van der Waals surface area contributed by atoms with E-state index in [1.807, 2.05) is 0 Å². The predicted octanol–water partition coefficient (Wildman–Crippen LogP) is 1.41. The van der Waals surface area contributed by atoms with E-state index in [1.54, 1.807) is 24.3 Å². The standard InChI is InChI=1S/C14H19ClN2O3/c15-11-6-2-1-5-10(11)9-13(18)20-14(19)12(17)7-3-4-8-16/h1-2,5-6,12H,3-4,7-9,16-17H2/t12-/m0/s1. The molecule has 0 amide bonds. The first-order valence-corrected chi connectivity index (χ1v) is 6.86. The number of carbonyl (C=O) groups excluding carboxylic acids is 2. The average molecular weight is 299 g/mol. The Kier molecular flexibility index (Phi) is 7.22. The van der Waals surface area contributed by atoms with Crippen molar-refractivity contribution in [2.45, 2.75) is 31.7 Å². The summed E-state index contributed by atoms with van der Waals surface area (Å²) in [5, 5.41) is 0.462. The van der Waals surface area contributed by atoms with E-state index in [0.29, 0.717) is 23.6 Å². The van der Waals surface area contributed by atoms with Crippen molar-refractivity contribution >= 4 is 23.5 Å². The van der Waals surface area contributed by atoms with Crippen LogP contribution >= 0.6 is 11.6 Å². The van der Waals surface area contributed by atoms with Crippen LogP contribution in [-0.2, 0) is 20.7 Å². The van der Waals surface area contributed by atoms with Crippen molar-refractivity contribution in [1.29, 1.82) is 0 Å². The van der Waals surface area contributed by atoms with Crippen molar-refractivity contribution in [3.05, 3.63) is 34.9 Å². The zero-order chi connectivity index (χ0) is 15.0. The lowest BCUT2D eigenvalue weighted by atomic mass is 10.1. The second kappa shape index (κ2) is 8.68. The number of ether oxygens (including phenoxy) is 1. The smallest absolute Gasteiger partial charge is 0.330 e. The molecule has 4 N–H and O–H groups in total. The van der Waals surface area contributed by atoms with Crippen LogP contribution in [0.5, 0.6) is 0 Å². The van der Waals surface area contributed by atoms with E-state index in [0.717, 1.165) is 12.8 Å². The average Bonchev–Trinajstić information content (AvgIpc) is 2.41. The number of esters is 2. The van der Waals surface area contributed by atoms with E-state index in [2.05, 4.69) is 0 Å². The molecular formula is C14H19ClN2O3. The molecule has 0 aliphatic rings. The molecule has 0 fully saturated rings. The van der Waals surface area contributed by atoms with Crippen LogP contribution in [-0.4, -0.2) is 24.5 Å². The van der Waals surface area contributed by atoms with Gasteiger partial charge in [-0.25, -0.2) is 4.79 Å². The third-order valence-electron chi connectivity index (χ3n) is 2.78. The van der Waals surface area contributed by atoms with Gasteiger partial charge in [0.25, 0.3) is 0 Å². The molecule has 0 saturated heterocycles. The Bertz CT molecular complexity index is 465. The normalized spacial score (nSPS) is 11.9. The maximum Gasteiger partial charge on any atom is 0.330 e. The Morgan fingerprint density at radius 2 is 1.95 bits per heavy atom. The minimum absolute atomic E-state index is 0.0546.